The third-order valence-corrected chi connectivity index (χ3v) is 3.49. The quantitative estimate of drug-likeness (QED) is 0.555. The van der Waals surface area contributed by atoms with E-state index >= 15 is 0 Å². The fourth-order valence-corrected chi connectivity index (χ4v) is 2.43. The summed E-state index contributed by atoms with van der Waals surface area (Å²) in [5.41, 5.74) is 6.80. The molecule has 24 heavy (non-hydrogen) atoms. The number of furan rings is 1. The van der Waals surface area contributed by atoms with E-state index < -0.39 is 4.92 Å². The molecule has 0 atom stereocenters. The van der Waals surface area contributed by atoms with Crippen molar-refractivity contribution in [2.24, 2.45) is 0 Å². The average molecular weight is 325 g/mol. The normalized spacial score (nSPS) is 10.7. The first kappa shape index (κ1) is 15.7. The van der Waals surface area contributed by atoms with E-state index in [2.05, 4.69) is 10.9 Å². The fourth-order valence-electron chi connectivity index (χ4n) is 2.43. The minimum atomic E-state index is -0.465. The maximum atomic E-state index is 11.9. The summed E-state index contributed by atoms with van der Waals surface area (Å²) in [6.45, 7) is 2.00. The van der Waals surface area contributed by atoms with Crippen LogP contribution in [0.5, 0.6) is 0 Å². The molecule has 2 aromatic carbocycles. The van der Waals surface area contributed by atoms with Gasteiger partial charge in [0.1, 0.15) is 5.76 Å². The number of non-ortho nitro benzene ring substituents is 1. The van der Waals surface area contributed by atoms with E-state index in [4.69, 9.17) is 4.42 Å². The standard InChI is InChI=1S/C17H15N3O4/c1-11-7-13-9-14(24-16(13)15(8-11)20(22)23)10-18-19-17(21)12-5-3-2-4-6-12/h2-9,18H,10H2,1H3,(H,19,21). The summed E-state index contributed by atoms with van der Waals surface area (Å²) < 4.78 is 5.55. The summed E-state index contributed by atoms with van der Waals surface area (Å²) in [7, 11) is 0. The molecule has 0 spiro atoms. The largest absolute Gasteiger partial charge is 0.452 e. The molecular weight excluding hydrogens is 310 g/mol. The summed E-state index contributed by atoms with van der Waals surface area (Å²) in [4.78, 5) is 22.5. The lowest BCUT2D eigenvalue weighted by molar-refractivity contribution is -0.383. The second kappa shape index (κ2) is 6.51. The summed E-state index contributed by atoms with van der Waals surface area (Å²) in [6, 6.07) is 13.8. The predicted octanol–water partition coefficient (Wildman–Crippen LogP) is 3.08. The Morgan fingerprint density at radius 1 is 1.21 bits per heavy atom. The number of benzene rings is 2. The SMILES string of the molecule is Cc1cc([N+](=O)[O-])c2oc(CNNC(=O)c3ccccc3)cc2c1. The highest BCUT2D eigenvalue weighted by Gasteiger charge is 2.17. The van der Waals surface area contributed by atoms with E-state index in [0.29, 0.717) is 16.7 Å². The topological polar surface area (TPSA) is 97.4 Å². The van der Waals surface area contributed by atoms with Crippen LogP contribution in [0.25, 0.3) is 11.0 Å². The Labute approximate surface area is 137 Å². The highest BCUT2D eigenvalue weighted by atomic mass is 16.6. The molecule has 3 aromatic rings. The van der Waals surface area contributed by atoms with Gasteiger partial charge in [-0.1, -0.05) is 18.2 Å². The summed E-state index contributed by atoms with van der Waals surface area (Å²) in [5.74, 6) is 0.223. The maximum Gasteiger partial charge on any atom is 0.312 e. The molecule has 0 aliphatic rings. The minimum Gasteiger partial charge on any atom is -0.452 e. The summed E-state index contributed by atoms with van der Waals surface area (Å²) in [6.07, 6.45) is 0. The van der Waals surface area contributed by atoms with Gasteiger partial charge in [0.2, 0.25) is 5.58 Å². The highest BCUT2D eigenvalue weighted by Crippen LogP contribution is 2.30. The molecule has 2 N–H and O–H groups in total. The lowest BCUT2D eigenvalue weighted by atomic mass is 10.1. The number of amides is 1. The number of carbonyl (C=O) groups excluding carboxylic acids is 1. The monoisotopic (exact) mass is 325 g/mol. The van der Waals surface area contributed by atoms with Gasteiger partial charge < -0.3 is 4.42 Å². The van der Waals surface area contributed by atoms with E-state index in [1.165, 1.54) is 6.07 Å². The van der Waals surface area contributed by atoms with Crippen LogP contribution in [0.4, 0.5) is 5.69 Å². The average Bonchev–Trinajstić information content (AvgIpc) is 2.97. The zero-order chi connectivity index (χ0) is 17.1. The lowest BCUT2D eigenvalue weighted by Gasteiger charge is -2.05. The number of fused-ring (bicyclic) bond motifs is 1. The molecule has 0 bridgehead atoms. The predicted molar refractivity (Wildman–Crippen MR) is 88.4 cm³/mol. The molecule has 0 unspecified atom stereocenters. The van der Waals surface area contributed by atoms with Gasteiger partial charge in [-0.15, -0.1) is 0 Å². The van der Waals surface area contributed by atoms with Gasteiger partial charge in [0, 0.05) is 17.0 Å². The zero-order valence-corrected chi connectivity index (χ0v) is 12.9. The molecule has 7 nitrogen and oxygen atoms in total. The lowest BCUT2D eigenvalue weighted by Crippen LogP contribution is -2.36. The van der Waals surface area contributed by atoms with Crippen LogP contribution < -0.4 is 10.9 Å². The van der Waals surface area contributed by atoms with E-state index in [1.54, 1.807) is 37.3 Å². The molecule has 0 saturated heterocycles. The Morgan fingerprint density at radius 2 is 1.96 bits per heavy atom. The van der Waals surface area contributed by atoms with Gasteiger partial charge in [-0.05, 0) is 36.8 Å². The second-order valence-electron chi connectivity index (χ2n) is 5.35. The number of nitrogens with one attached hydrogen (secondary N) is 2. The van der Waals surface area contributed by atoms with E-state index in [1.807, 2.05) is 12.1 Å². The first-order valence-electron chi connectivity index (χ1n) is 7.30. The van der Waals surface area contributed by atoms with Crippen molar-refractivity contribution in [2.45, 2.75) is 13.5 Å². The van der Waals surface area contributed by atoms with Gasteiger partial charge in [-0.3, -0.25) is 20.3 Å². The van der Waals surface area contributed by atoms with Crippen molar-refractivity contribution >= 4 is 22.6 Å². The molecule has 0 aliphatic carbocycles. The Hall–Kier alpha value is -3.19. The molecule has 0 fully saturated rings. The fraction of sp³-hybridized carbons (Fsp3) is 0.118. The first-order chi connectivity index (χ1) is 11.5. The molecule has 0 radical (unpaired) electrons. The van der Waals surface area contributed by atoms with Crippen LogP contribution in [-0.2, 0) is 6.54 Å². The number of hydrazine groups is 1. The minimum absolute atomic E-state index is 0.0652. The van der Waals surface area contributed by atoms with Crippen LogP contribution in [0.2, 0.25) is 0 Å². The number of hydrogen-bond acceptors (Lipinski definition) is 5. The van der Waals surface area contributed by atoms with Crippen molar-refractivity contribution < 1.29 is 14.1 Å². The molecule has 0 aliphatic heterocycles. The summed E-state index contributed by atoms with van der Waals surface area (Å²) in [5, 5.41) is 11.8. The second-order valence-corrected chi connectivity index (χ2v) is 5.35. The molecule has 0 saturated carbocycles. The Bertz CT molecular complexity index is 903. The molecule has 122 valence electrons. The van der Waals surface area contributed by atoms with E-state index in [0.717, 1.165) is 5.56 Å². The van der Waals surface area contributed by atoms with Gasteiger partial charge in [0.15, 0.2) is 0 Å². The molecule has 1 heterocycles. The van der Waals surface area contributed by atoms with Gasteiger partial charge in [-0.25, -0.2) is 5.43 Å². The van der Waals surface area contributed by atoms with Crippen molar-refractivity contribution in [3.63, 3.8) is 0 Å². The molecule has 7 heteroatoms. The number of carbonyl (C=O) groups is 1. The van der Waals surface area contributed by atoms with Crippen molar-refractivity contribution in [2.75, 3.05) is 0 Å². The van der Waals surface area contributed by atoms with Crippen molar-refractivity contribution in [1.29, 1.82) is 0 Å². The van der Waals surface area contributed by atoms with Gasteiger partial charge in [0.05, 0.1) is 11.5 Å². The van der Waals surface area contributed by atoms with E-state index in [9.17, 15) is 14.9 Å². The van der Waals surface area contributed by atoms with Crippen molar-refractivity contribution in [3.05, 3.63) is 75.5 Å². The molecule has 3 rings (SSSR count). The first-order valence-corrected chi connectivity index (χ1v) is 7.30. The van der Waals surface area contributed by atoms with E-state index in [-0.39, 0.29) is 23.7 Å². The van der Waals surface area contributed by atoms with Crippen molar-refractivity contribution in [3.8, 4) is 0 Å². The van der Waals surface area contributed by atoms with Crippen LogP contribution in [0.3, 0.4) is 0 Å². The third-order valence-electron chi connectivity index (χ3n) is 3.49. The molecule has 1 aromatic heterocycles. The van der Waals surface area contributed by atoms with Crippen molar-refractivity contribution in [1.82, 2.24) is 10.9 Å². The third kappa shape index (κ3) is 3.26. The van der Waals surface area contributed by atoms with Crippen LogP contribution in [0.1, 0.15) is 21.7 Å². The van der Waals surface area contributed by atoms with Crippen LogP contribution in [0, 0.1) is 17.0 Å². The number of hydrogen-bond donors (Lipinski definition) is 2. The van der Waals surface area contributed by atoms with Crippen LogP contribution in [-0.4, -0.2) is 10.8 Å². The molecule has 1 amide bonds. The Kier molecular flexibility index (Phi) is 4.26. The Balaban J connectivity index is 1.71. The molecular formula is C17H15N3O4. The van der Waals surface area contributed by atoms with Gasteiger partial charge >= 0.3 is 5.69 Å². The zero-order valence-electron chi connectivity index (χ0n) is 12.9. The van der Waals surface area contributed by atoms with Crippen LogP contribution >= 0.6 is 0 Å². The smallest absolute Gasteiger partial charge is 0.312 e. The number of aryl methyl sites for hydroxylation is 1. The number of nitro benzene ring substituents is 1. The van der Waals surface area contributed by atoms with Gasteiger partial charge in [-0.2, -0.15) is 0 Å². The summed E-state index contributed by atoms with van der Waals surface area (Å²) >= 11 is 0. The van der Waals surface area contributed by atoms with Crippen LogP contribution in [0.15, 0.2) is 52.9 Å². The maximum absolute atomic E-state index is 11.9. The number of rotatable bonds is 5. The number of nitrogens with zero attached hydrogens (tertiary/aromatic N) is 1. The number of nitro groups is 1. The Morgan fingerprint density at radius 3 is 2.67 bits per heavy atom. The van der Waals surface area contributed by atoms with Gasteiger partial charge in [0.25, 0.3) is 5.91 Å². The highest BCUT2D eigenvalue weighted by molar-refractivity contribution is 5.93.